The maximum Gasteiger partial charge on any atom is 0.433 e. The molecule has 0 saturated carbocycles. The summed E-state index contributed by atoms with van der Waals surface area (Å²) in [6, 6.07) is 2.51. The maximum atomic E-state index is 12.7. The number of anilines is 1. The van der Waals surface area contributed by atoms with Crippen molar-refractivity contribution in [3.63, 3.8) is 0 Å². The Labute approximate surface area is 105 Å². The summed E-state index contributed by atoms with van der Waals surface area (Å²) >= 11 is 0. The number of aromatic nitrogens is 1. The van der Waals surface area contributed by atoms with Crippen molar-refractivity contribution in [2.24, 2.45) is 0 Å². The first-order chi connectivity index (χ1) is 8.43. The molecule has 0 aliphatic heterocycles. The second kappa shape index (κ2) is 6.04. The Morgan fingerprint density at radius 1 is 1.22 bits per heavy atom. The lowest BCUT2D eigenvalue weighted by atomic mass is 10.2. The van der Waals surface area contributed by atoms with Crippen LogP contribution < -0.4 is 10.2 Å². The number of alkyl halides is 3. The minimum absolute atomic E-state index is 0.407. The van der Waals surface area contributed by atoms with E-state index in [0.29, 0.717) is 25.5 Å². The predicted molar refractivity (Wildman–Crippen MR) is 65.6 cm³/mol. The summed E-state index contributed by atoms with van der Waals surface area (Å²) < 4.78 is 38.0. The molecule has 0 fully saturated rings. The minimum Gasteiger partial charge on any atom is -0.357 e. The molecule has 0 aromatic carbocycles. The van der Waals surface area contributed by atoms with Crippen molar-refractivity contribution < 1.29 is 13.2 Å². The van der Waals surface area contributed by atoms with Crippen LogP contribution >= 0.6 is 0 Å². The Balaban J connectivity index is 3.23. The van der Waals surface area contributed by atoms with Gasteiger partial charge in [-0.3, -0.25) is 0 Å². The minimum atomic E-state index is -4.40. The molecule has 1 aromatic rings. The molecule has 0 saturated heterocycles. The van der Waals surface area contributed by atoms with Crippen molar-refractivity contribution in [2.45, 2.75) is 26.6 Å². The van der Waals surface area contributed by atoms with Gasteiger partial charge < -0.3 is 10.2 Å². The van der Waals surface area contributed by atoms with E-state index in [-0.39, 0.29) is 0 Å². The summed E-state index contributed by atoms with van der Waals surface area (Å²) in [5.74, 6) is 0.407. The average Bonchev–Trinajstić information content (AvgIpc) is 2.31. The predicted octanol–water partition coefficient (Wildman–Crippen LogP) is 2.67. The molecule has 1 N–H and O–H groups in total. The summed E-state index contributed by atoms with van der Waals surface area (Å²) in [4.78, 5) is 5.59. The van der Waals surface area contributed by atoms with Crippen LogP contribution in [0, 0.1) is 0 Å². The second-order valence-electron chi connectivity index (χ2n) is 3.88. The van der Waals surface area contributed by atoms with Crippen molar-refractivity contribution in [1.29, 1.82) is 0 Å². The Morgan fingerprint density at radius 3 is 2.28 bits per heavy atom. The van der Waals surface area contributed by atoms with Crippen molar-refractivity contribution >= 4 is 5.82 Å². The van der Waals surface area contributed by atoms with Crippen LogP contribution in [-0.2, 0) is 12.7 Å². The normalized spacial score (nSPS) is 11.7. The quantitative estimate of drug-likeness (QED) is 0.883. The summed E-state index contributed by atoms with van der Waals surface area (Å²) in [5.41, 5.74) is -0.0709. The zero-order chi connectivity index (χ0) is 13.8. The average molecular weight is 261 g/mol. The molecule has 0 bridgehead atoms. The highest BCUT2D eigenvalue weighted by molar-refractivity contribution is 5.48. The number of nitrogens with one attached hydrogen (secondary N) is 1. The van der Waals surface area contributed by atoms with E-state index in [1.165, 1.54) is 6.07 Å². The topological polar surface area (TPSA) is 28.2 Å². The highest BCUT2D eigenvalue weighted by Gasteiger charge is 2.33. The van der Waals surface area contributed by atoms with Gasteiger partial charge in [-0.1, -0.05) is 6.07 Å². The van der Waals surface area contributed by atoms with Crippen molar-refractivity contribution in [1.82, 2.24) is 10.3 Å². The fourth-order valence-corrected chi connectivity index (χ4v) is 1.76. The van der Waals surface area contributed by atoms with Crippen LogP contribution in [0.3, 0.4) is 0 Å². The SMILES string of the molecule is CCN(CC)c1nc(C(F)(F)F)ccc1CNC. The monoisotopic (exact) mass is 261 g/mol. The first-order valence-electron chi connectivity index (χ1n) is 5.90. The molecule has 18 heavy (non-hydrogen) atoms. The van der Waals surface area contributed by atoms with E-state index in [4.69, 9.17) is 0 Å². The van der Waals surface area contributed by atoms with Crippen LogP contribution in [-0.4, -0.2) is 25.1 Å². The van der Waals surface area contributed by atoms with E-state index in [2.05, 4.69) is 10.3 Å². The lowest BCUT2D eigenvalue weighted by Crippen LogP contribution is -2.26. The molecule has 102 valence electrons. The molecule has 0 atom stereocenters. The number of hydrogen-bond acceptors (Lipinski definition) is 3. The number of hydrogen-bond donors (Lipinski definition) is 1. The van der Waals surface area contributed by atoms with E-state index in [1.54, 1.807) is 7.05 Å². The highest BCUT2D eigenvalue weighted by atomic mass is 19.4. The van der Waals surface area contributed by atoms with E-state index in [9.17, 15) is 13.2 Å². The summed E-state index contributed by atoms with van der Waals surface area (Å²) in [6.45, 7) is 5.54. The molecule has 0 spiro atoms. The molecular weight excluding hydrogens is 243 g/mol. The molecule has 0 aliphatic carbocycles. The third-order valence-corrected chi connectivity index (χ3v) is 2.68. The van der Waals surface area contributed by atoms with E-state index in [0.717, 1.165) is 11.6 Å². The second-order valence-corrected chi connectivity index (χ2v) is 3.88. The fraction of sp³-hybridized carbons (Fsp3) is 0.583. The zero-order valence-electron chi connectivity index (χ0n) is 10.8. The van der Waals surface area contributed by atoms with E-state index in [1.807, 2.05) is 18.7 Å². The Kier molecular flexibility index (Phi) is 4.95. The smallest absolute Gasteiger partial charge is 0.357 e. The number of halogens is 3. The van der Waals surface area contributed by atoms with E-state index >= 15 is 0 Å². The first kappa shape index (κ1) is 14.8. The van der Waals surface area contributed by atoms with Crippen LogP contribution in [0.1, 0.15) is 25.1 Å². The molecule has 0 aliphatic rings. The zero-order valence-corrected chi connectivity index (χ0v) is 10.8. The van der Waals surface area contributed by atoms with Crippen LogP contribution in [0.4, 0.5) is 19.0 Å². The number of rotatable bonds is 5. The molecule has 0 unspecified atom stereocenters. The van der Waals surface area contributed by atoms with Crippen molar-refractivity contribution in [2.75, 3.05) is 25.0 Å². The van der Waals surface area contributed by atoms with Crippen LogP contribution in [0.5, 0.6) is 0 Å². The molecule has 3 nitrogen and oxygen atoms in total. The van der Waals surface area contributed by atoms with Gasteiger partial charge in [-0.25, -0.2) is 4.98 Å². The highest BCUT2D eigenvalue weighted by Crippen LogP contribution is 2.30. The van der Waals surface area contributed by atoms with Gasteiger partial charge in [0.2, 0.25) is 0 Å². The number of nitrogens with zero attached hydrogens (tertiary/aromatic N) is 2. The lowest BCUT2D eigenvalue weighted by Gasteiger charge is -2.23. The summed E-state index contributed by atoms with van der Waals surface area (Å²) in [6.07, 6.45) is -4.40. The molecule has 0 radical (unpaired) electrons. The van der Waals surface area contributed by atoms with Gasteiger partial charge in [-0.2, -0.15) is 13.2 Å². The fourth-order valence-electron chi connectivity index (χ4n) is 1.76. The molecule has 1 rings (SSSR count). The molecule has 1 aromatic heterocycles. The first-order valence-corrected chi connectivity index (χ1v) is 5.90. The standard InChI is InChI=1S/C12H18F3N3/c1-4-18(5-2)11-9(8-16-3)6-7-10(17-11)12(13,14)15/h6-7,16H,4-5,8H2,1-3H3. The molecule has 6 heteroatoms. The van der Waals surface area contributed by atoms with E-state index < -0.39 is 11.9 Å². The lowest BCUT2D eigenvalue weighted by molar-refractivity contribution is -0.141. The molecule has 0 amide bonds. The van der Waals surface area contributed by atoms with Gasteiger partial charge >= 0.3 is 6.18 Å². The van der Waals surface area contributed by atoms with Crippen LogP contribution in [0.2, 0.25) is 0 Å². The summed E-state index contributed by atoms with van der Waals surface area (Å²) in [7, 11) is 1.75. The summed E-state index contributed by atoms with van der Waals surface area (Å²) in [5, 5.41) is 2.94. The third-order valence-electron chi connectivity index (χ3n) is 2.68. The largest absolute Gasteiger partial charge is 0.433 e. The van der Waals surface area contributed by atoms with Gasteiger partial charge in [-0.15, -0.1) is 0 Å². The van der Waals surface area contributed by atoms with Gasteiger partial charge in [-0.05, 0) is 27.0 Å². The van der Waals surface area contributed by atoms with Crippen molar-refractivity contribution in [3.8, 4) is 0 Å². The third kappa shape index (κ3) is 3.35. The van der Waals surface area contributed by atoms with Gasteiger partial charge in [0.05, 0.1) is 0 Å². The van der Waals surface area contributed by atoms with Crippen LogP contribution in [0.25, 0.3) is 0 Å². The molecule has 1 heterocycles. The maximum absolute atomic E-state index is 12.7. The Hall–Kier alpha value is -1.30. The van der Waals surface area contributed by atoms with Gasteiger partial charge in [0.25, 0.3) is 0 Å². The Bertz CT molecular complexity index is 387. The Morgan fingerprint density at radius 2 is 1.83 bits per heavy atom. The number of pyridine rings is 1. The molecular formula is C12H18F3N3. The van der Waals surface area contributed by atoms with Crippen molar-refractivity contribution in [3.05, 3.63) is 23.4 Å². The van der Waals surface area contributed by atoms with Crippen LogP contribution in [0.15, 0.2) is 12.1 Å². The van der Waals surface area contributed by atoms with Gasteiger partial charge in [0.1, 0.15) is 11.5 Å². The van der Waals surface area contributed by atoms with Gasteiger partial charge in [0.15, 0.2) is 0 Å². The van der Waals surface area contributed by atoms with Gasteiger partial charge in [0, 0.05) is 25.2 Å².